The van der Waals surface area contributed by atoms with E-state index < -0.39 is 15.9 Å². The molecule has 0 aliphatic heterocycles. The molecule has 4 fully saturated rings. The van der Waals surface area contributed by atoms with Gasteiger partial charge >= 0.3 is 0 Å². The summed E-state index contributed by atoms with van der Waals surface area (Å²) in [5.41, 5.74) is 2.76. The van der Waals surface area contributed by atoms with Crippen LogP contribution in [0.5, 0.6) is 5.75 Å². The average Bonchev–Trinajstić information content (AvgIpc) is 2.92. The summed E-state index contributed by atoms with van der Waals surface area (Å²) >= 11 is 0. The predicted octanol–water partition coefficient (Wildman–Crippen LogP) is 6.39. The minimum absolute atomic E-state index is 0.131. The van der Waals surface area contributed by atoms with E-state index in [1.807, 2.05) is 19.1 Å². The van der Waals surface area contributed by atoms with E-state index in [0.717, 1.165) is 22.1 Å². The van der Waals surface area contributed by atoms with Crippen LogP contribution < -0.4 is 14.4 Å². The molecule has 0 atom stereocenters. The molecule has 3 aromatic rings. The zero-order valence-electron chi connectivity index (χ0n) is 22.4. The fourth-order valence-corrected chi connectivity index (χ4v) is 9.05. The van der Waals surface area contributed by atoms with E-state index in [1.54, 1.807) is 42.5 Å². The second-order valence-electron chi connectivity index (χ2n) is 11.6. The van der Waals surface area contributed by atoms with Crippen molar-refractivity contribution in [3.05, 3.63) is 84.4 Å². The lowest BCUT2D eigenvalue weighted by Gasteiger charge is -2.57. The number of hydrogen-bond acceptors (Lipinski definition) is 4. The Kier molecular flexibility index (Phi) is 6.88. The normalized spacial score (nSPS) is 25.3. The van der Waals surface area contributed by atoms with Crippen LogP contribution in [0.3, 0.4) is 0 Å². The Balaban J connectivity index is 1.20. The number of amides is 1. The van der Waals surface area contributed by atoms with Gasteiger partial charge in [0.25, 0.3) is 10.0 Å². The number of nitrogens with one attached hydrogen (secondary N) is 1. The summed E-state index contributed by atoms with van der Waals surface area (Å²) in [6.45, 7) is 2.05. The van der Waals surface area contributed by atoms with E-state index in [1.165, 1.54) is 56.2 Å². The van der Waals surface area contributed by atoms with Gasteiger partial charge in [-0.15, -0.1) is 0 Å². The third-order valence-corrected chi connectivity index (χ3v) is 10.7. The molecule has 1 amide bonds. The van der Waals surface area contributed by atoms with Crippen molar-refractivity contribution in [2.24, 2.45) is 17.8 Å². The molecule has 4 bridgehead atoms. The summed E-state index contributed by atoms with van der Waals surface area (Å²) in [5.74, 6) is 2.86. The maximum absolute atomic E-state index is 13.6. The Morgan fingerprint density at radius 1 is 0.872 bits per heavy atom. The molecule has 7 heteroatoms. The van der Waals surface area contributed by atoms with E-state index in [4.69, 9.17) is 4.74 Å². The SMILES string of the molecule is CCOc1ccc(N(CC(=O)Nc2ccc(C34CC5CC(CC(C5)C3)C4)cc2)S(=O)(=O)c2ccccc2)cc1. The van der Waals surface area contributed by atoms with Crippen molar-refractivity contribution >= 4 is 27.3 Å². The number of carbonyl (C=O) groups excluding carboxylic acids is 1. The first-order valence-electron chi connectivity index (χ1n) is 14.1. The third-order valence-electron chi connectivity index (χ3n) is 8.87. The number of ether oxygens (including phenoxy) is 1. The Morgan fingerprint density at radius 2 is 1.46 bits per heavy atom. The van der Waals surface area contributed by atoms with Crippen molar-refractivity contribution in [3.8, 4) is 5.75 Å². The van der Waals surface area contributed by atoms with Crippen molar-refractivity contribution in [2.75, 3.05) is 22.8 Å². The van der Waals surface area contributed by atoms with Gasteiger partial charge in [-0.3, -0.25) is 9.10 Å². The molecule has 7 rings (SSSR count). The molecule has 4 aliphatic rings. The fraction of sp³-hybridized carbons (Fsp3) is 0.406. The number of carbonyl (C=O) groups is 1. The standard InChI is InChI=1S/C32H36N2O4S/c1-2-38-29-14-12-28(13-15-29)34(39(36,37)30-6-4-3-5-7-30)22-31(35)33-27-10-8-26(9-11-27)32-19-23-16-24(20-32)18-25(17-23)21-32/h3-15,23-25H,2,16-22H2,1H3,(H,33,35). The summed E-state index contributed by atoms with van der Waals surface area (Å²) in [7, 11) is -3.97. The largest absolute Gasteiger partial charge is 0.494 e. The van der Waals surface area contributed by atoms with Crippen LogP contribution in [0.4, 0.5) is 11.4 Å². The Morgan fingerprint density at radius 3 is 2.03 bits per heavy atom. The molecular weight excluding hydrogens is 508 g/mol. The maximum Gasteiger partial charge on any atom is 0.264 e. The van der Waals surface area contributed by atoms with Gasteiger partial charge in [0.2, 0.25) is 5.91 Å². The number of hydrogen-bond donors (Lipinski definition) is 1. The minimum atomic E-state index is -3.97. The number of anilines is 2. The summed E-state index contributed by atoms with van der Waals surface area (Å²) in [6.07, 6.45) is 8.09. The third kappa shape index (κ3) is 5.17. The first-order chi connectivity index (χ1) is 18.8. The van der Waals surface area contributed by atoms with Gasteiger partial charge in [0, 0.05) is 5.69 Å². The first-order valence-corrected chi connectivity index (χ1v) is 15.5. The summed E-state index contributed by atoms with van der Waals surface area (Å²) in [4.78, 5) is 13.3. The second-order valence-corrected chi connectivity index (χ2v) is 13.4. The summed E-state index contributed by atoms with van der Waals surface area (Å²) in [6, 6.07) is 23.2. The fourth-order valence-electron chi connectivity index (χ4n) is 7.61. The van der Waals surface area contributed by atoms with Crippen molar-refractivity contribution < 1.29 is 17.9 Å². The van der Waals surface area contributed by atoms with Crippen LogP contribution in [-0.2, 0) is 20.2 Å². The molecule has 0 aromatic heterocycles. The van der Waals surface area contributed by atoms with Gasteiger partial charge in [0.15, 0.2) is 0 Å². The van der Waals surface area contributed by atoms with Gasteiger partial charge in [-0.1, -0.05) is 30.3 Å². The van der Waals surface area contributed by atoms with Crippen LogP contribution >= 0.6 is 0 Å². The Hall–Kier alpha value is -3.32. The molecule has 4 saturated carbocycles. The number of nitrogens with zero attached hydrogens (tertiary/aromatic N) is 1. The van der Waals surface area contributed by atoms with Gasteiger partial charge in [0.05, 0.1) is 17.2 Å². The number of benzene rings is 3. The molecule has 6 nitrogen and oxygen atoms in total. The zero-order valence-corrected chi connectivity index (χ0v) is 23.2. The molecule has 3 aromatic carbocycles. The van der Waals surface area contributed by atoms with Gasteiger partial charge in [-0.2, -0.15) is 0 Å². The molecule has 0 spiro atoms. The lowest BCUT2D eigenvalue weighted by molar-refractivity contribution is -0.114. The van der Waals surface area contributed by atoms with E-state index >= 15 is 0 Å². The van der Waals surface area contributed by atoms with Crippen LogP contribution in [0, 0.1) is 17.8 Å². The highest BCUT2D eigenvalue weighted by Gasteiger charge is 2.51. The highest BCUT2D eigenvalue weighted by molar-refractivity contribution is 7.92. The molecule has 0 radical (unpaired) electrons. The summed E-state index contributed by atoms with van der Waals surface area (Å²) < 4.78 is 33.9. The van der Waals surface area contributed by atoms with E-state index in [2.05, 4.69) is 17.4 Å². The van der Waals surface area contributed by atoms with E-state index in [0.29, 0.717) is 29.1 Å². The molecule has 0 heterocycles. The quantitative estimate of drug-likeness (QED) is 0.339. The van der Waals surface area contributed by atoms with Crippen molar-refractivity contribution in [1.29, 1.82) is 0 Å². The smallest absolute Gasteiger partial charge is 0.264 e. The number of sulfonamides is 1. The van der Waals surface area contributed by atoms with Crippen LogP contribution in [0.25, 0.3) is 0 Å². The second kappa shape index (κ2) is 10.3. The summed E-state index contributed by atoms with van der Waals surface area (Å²) in [5, 5.41) is 2.93. The lowest BCUT2D eigenvalue weighted by atomic mass is 9.48. The van der Waals surface area contributed by atoms with E-state index in [-0.39, 0.29) is 11.4 Å². The molecule has 4 aliphatic carbocycles. The van der Waals surface area contributed by atoms with Gasteiger partial charge in [0.1, 0.15) is 12.3 Å². The van der Waals surface area contributed by atoms with Crippen molar-refractivity contribution in [1.82, 2.24) is 0 Å². The van der Waals surface area contributed by atoms with Gasteiger partial charge in [-0.25, -0.2) is 8.42 Å². The van der Waals surface area contributed by atoms with Crippen LogP contribution in [-0.4, -0.2) is 27.5 Å². The van der Waals surface area contributed by atoms with Crippen LogP contribution in [0.2, 0.25) is 0 Å². The maximum atomic E-state index is 13.6. The first kappa shape index (κ1) is 25.9. The topological polar surface area (TPSA) is 75.7 Å². The van der Waals surface area contributed by atoms with E-state index in [9.17, 15) is 13.2 Å². The van der Waals surface area contributed by atoms with Crippen LogP contribution in [0.1, 0.15) is 51.0 Å². The highest BCUT2D eigenvalue weighted by atomic mass is 32.2. The van der Waals surface area contributed by atoms with Gasteiger partial charge < -0.3 is 10.1 Å². The minimum Gasteiger partial charge on any atom is -0.494 e. The van der Waals surface area contributed by atoms with Gasteiger partial charge in [-0.05, 0) is 123 Å². The van der Waals surface area contributed by atoms with Crippen LogP contribution in [0.15, 0.2) is 83.8 Å². The average molecular weight is 545 g/mol. The molecular formula is C32H36N2O4S. The molecule has 0 saturated heterocycles. The lowest BCUT2D eigenvalue weighted by Crippen LogP contribution is -2.48. The molecule has 0 unspecified atom stereocenters. The van der Waals surface area contributed by atoms with Crippen molar-refractivity contribution in [3.63, 3.8) is 0 Å². The number of rotatable bonds is 9. The van der Waals surface area contributed by atoms with Crippen molar-refractivity contribution in [2.45, 2.75) is 55.8 Å². The predicted molar refractivity (Wildman–Crippen MR) is 154 cm³/mol. The molecule has 204 valence electrons. The monoisotopic (exact) mass is 544 g/mol. The zero-order chi connectivity index (χ0) is 27.0. The molecule has 1 N–H and O–H groups in total. The Bertz CT molecular complexity index is 1380. The Labute approximate surface area is 231 Å². The molecule has 39 heavy (non-hydrogen) atoms. The highest BCUT2D eigenvalue weighted by Crippen LogP contribution is 2.60.